The lowest BCUT2D eigenvalue weighted by Crippen LogP contribution is -2.67. The molecule has 0 aromatic carbocycles. The van der Waals surface area contributed by atoms with E-state index in [2.05, 4.69) is 0 Å². The lowest BCUT2D eigenvalue weighted by atomic mass is 9.62. The maximum atomic E-state index is 11.2. The summed E-state index contributed by atoms with van der Waals surface area (Å²) < 4.78 is 0. The van der Waals surface area contributed by atoms with Crippen LogP contribution in [0.4, 0.5) is 0 Å². The average Bonchev–Trinajstić information content (AvgIpc) is 2.01. The fourth-order valence-electron chi connectivity index (χ4n) is 2.59. The number of carboxylic acids is 1. The van der Waals surface area contributed by atoms with Gasteiger partial charge in [-0.3, -0.25) is 4.79 Å². The number of carboxylic acid groups (broad SMARTS) is 1. The molecule has 2 heterocycles. The standard InChI is InChI=1S/C9H13NO3/c1-6(11)10-3-2-7-4-9(10,5-7)8(12)13/h7H,2-5H2,1H3,(H,12,13). The highest BCUT2D eigenvalue weighted by Gasteiger charge is 2.58. The second kappa shape index (κ2) is 2.47. The maximum absolute atomic E-state index is 11.2. The van der Waals surface area contributed by atoms with Crippen LogP contribution in [0.25, 0.3) is 0 Å². The summed E-state index contributed by atoms with van der Waals surface area (Å²) >= 11 is 0. The Balaban J connectivity index is 2.25. The lowest BCUT2D eigenvalue weighted by Gasteiger charge is -2.55. The smallest absolute Gasteiger partial charge is 0.329 e. The Hall–Kier alpha value is -1.06. The zero-order valence-electron chi connectivity index (χ0n) is 7.62. The van der Waals surface area contributed by atoms with E-state index in [1.54, 1.807) is 0 Å². The number of carbonyl (C=O) groups excluding carboxylic acids is 1. The molecule has 13 heavy (non-hydrogen) atoms. The van der Waals surface area contributed by atoms with Gasteiger partial charge in [-0.05, 0) is 25.2 Å². The summed E-state index contributed by atoms with van der Waals surface area (Å²) in [7, 11) is 0. The first kappa shape index (κ1) is 8.53. The van der Waals surface area contributed by atoms with E-state index in [1.165, 1.54) is 11.8 Å². The van der Waals surface area contributed by atoms with Crippen LogP contribution in [0.5, 0.6) is 0 Å². The van der Waals surface area contributed by atoms with E-state index in [0.717, 1.165) is 6.42 Å². The number of aliphatic carboxylic acids is 1. The van der Waals surface area contributed by atoms with E-state index in [9.17, 15) is 9.59 Å². The first-order chi connectivity index (χ1) is 6.06. The molecule has 0 unspecified atom stereocenters. The fourth-order valence-corrected chi connectivity index (χ4v) is 2.59. The molecule has 0 aromatic heterocycles. The first-order valence-corrected chi connectivity index (χ1v) is 4.58. The first-order valence-electron chi connectivity index (χ1n) is 4.58. The molecule has 1 aliphatic carbocycles. The molecule has 2 bridgehead atoms. The van der Waals surface area contributed by atoms with Gasteiger partial charge in [-0.1, -0.05) is 0 Å². The number of fused-ring (bicyclic) bond motifs is 2. The summed E-state index contributed by atoms with van der Waals surface area (Å²) in [6, 6.07) is 0. The van der Waals surface area contributed by atoms with Crippen LogP contribution in [-0.2, 0) is 9.59 Å². The van der Waals surface area contributed by atoms with Gasteiger partial charge in [0.2, 0.25) is 5.91 Å². The number of carbonyl (C=O) groups is 2. The molecule has 3 rings (SSSR count). The Morgan fingerprint density at radius 3 is 2.46 bits per heavy atom. The molecule has 1 N–H and O–H groups in total. The van der Waals surface area contributed by atoms with Crippen molar-refractivity contribution >= 4 is 11.9 Å². The summed E-state index contributed by atoms with van der Waals surface area (Å²) in [5.41, 5.74) is -0.839. The van der Waals surface area contributed by atoms with Crippen molar-refractivity contribution in [2.45, 2.75) is 31.7 Å². The van der Waals surface area contributed by atoms with E-state index < -0.39 is 11.5 Å². The zero-order chi connectivity index (χ0) is 9.64. The molecule has 0 spiro atoms. The SMILES string of the molecule is CC(=O)N1CCC2CC1(C(=O)O)C2. The van der Waals surface area contributed by atoms with Gasteiger partial charge in [0.1, 0.15) is 5.54 Å². The van der Waals surface area contributed by atoms with Crippen LogP contribution in [0.2, 0.25) is 0 Å². The van der Waals surface area contributed by atoms with Crippen LogP contribution < -0.4 is 0 Å². The van der Waals surface area contributed by atoms with Gasteiger partial charge in [0, 0.05) is 13.5 Å². The third-order valence-corrected chi connectivity index (χ3v) is 3.31. The van der Waals surface area contributed by atoms with Crippen LogP contribution in [-0.4, -0.2) is 34.0 Å². The van der Waals surface area contributed by atoms with Crippen LogP contribution in [0.3, 0.4) is 0 Å². The minimum absolute atomic E-state index is 0.111. The van der Waals surface area contributed by atoms with E-state index in [0.29, 0.717) is 25.3 Å². The summed E-state index contributed by atoms with van der Waals surface area (Å²) in [6.45, 7) is 2.07. The molecule has 0 radical (unpaired) electrons. The molecule has 4 nitrogen and oxygen atoms in total. The molecule has 3 fully saturated rings. The maximum Gasteiger partial charge on any atom is 0.329 e. The summed E-state index contributed by atoms with van der Waals surface area (Å²) in [6.07, 6.45) is 2.28. The predicted molar refractivity (Wildman–Crippen MR) is 45.1 cm³/mol. The molecule has 3 aliphatic rings. The third kappa shape index (κ3) is 0.975. The number of hydrogen-bond acceptors (Lipinski definition) is 2. The molecule has 2 aliphatic heterocycles. The van der Waals surface area contributed by atoms with Crippen LogP contribution in [0, 0.1) is 5.92 Å². The van der Waals surface area contributed by atoms with E-state index in [1.807, 2.05) is 0 Å². The normalized spacial score (nSPS) is 36.7. The Labute approximate surface area is 76.5 Å². The van der Waals surface area contributed by atoms with Crippen molar-refractivity contribution in [1.82, 2.24) is 4.90 Å². The second-order valence-electron chi connectivity index (χ2n) is 4.07. The Morgan fingerprint density at radius 2 is 2.08 bits per heavy atom. The molecule has 2 saturated heterocycles. The molecule has 72 valence electrons. The Bertz CT molecular complexity index is 268. The molecule has 4 heteroatoms. The highest BCUT2D eigenvalue weighted by Crippen LogP contribution is 2.48. The van der Waals surface area contributed by atoms with Crippen molar-refractivity contribution in [3.8, 4) is 0 Å². The minimum atomic E-state index is -0.839. The Kier molecular flexibility index (Phi) is 1.62. The highest BCUT2D eigenvalue weighted by atomic mass is 16.4. The molecule has 0 atom stereocenters. The number of rotatable bonds is 1. The number of nitrogens with zero attached hydrogens (tertiary/aromatic N) is 1. The average molecular weight is 183 g/mol. The number of hydrogen-bond donors (Lipinski definition) is 1. The van der Waals surface area contributed by atoms with Crippen molar-refractivity contribution in [3.05, 3.63) is 0 Å². The summed E-state index contributed by atoms with van der Waals surface area (Å²) in [5.74, 6) is -0.411. The van der Waals surface area contributed by atoms with Crippen molar-refractivity contribution in [1.29, 1.82) is 0 Å². The van der Waals surface area contributed by atoms with Crippen LogP contribution >= 0.6 is 0 Å². The highest BCUT2D eigenvalue weighted by molar-refractivity contribution is 5.87. The van der Waals surface area contributed by atoms with Gasteiger partial charge >= 0.3 is 5.97 Å². The third-order valence-electron chi connectivity index (χ3n) is 3.31. The topological polar surface area (TPSA) is 57.6 Å². The quantitative estimate of drug-likeness (QED) is 0.643. The van der Waals surface area contributed by atoms with Gasteiger partial charge in [0.05, 0.1) is 0 Å². The van der Waals surface area contributed by atoms with Gasteiger partial charge < -0.3 is 10.0 Å². The van der Waals surface area contributed by atoms with Crippen LogP contribution in [0.1, 0.15) is 26.2 Å². The van der Waals surface area contributed by atoms with Crippen LogP contribution in [0.15, 0.2) is 0 Å². The van der Waals surface area contributed by atoms with E-state index >= 15 is 0 Å². The zero-order valence-corrected chi connectivity index (χ0v) is 7.62. The molecule has 1 amide bonds. The summed E-state index contributed by atoms with van der Waals surface area (Å²) in [4.78, 5) is 23.8. The molecule has 0 aromatic rings. The molecular weight excluding hydrogens is 170 g/mol. The van der Waals surface area contributed by atoms with E-state index in [4.69, 9.17) is 5.11 Å². The number of piperidine rings is 2. The van der Waals surface area contributed by atoms with E-state index in [-0.39, 0.29) is 5.91 Å². The summed E-state index contributed by atoms with van der Waals surface area (Å²) in [5, 5.41) is 9.06. The van der Waals surface area contributed by atoms with Crippen molar-refractivity contribution in [2.24, 2.45) is 5.92 Å². The molecule has 1 saturated carbocycles. The predicted octanol–water partition coefficient (Wildman–Crippen LogP) is 0.472. The van der Waals surface area contributed by atoms with Gasteiger partial charge in [0.25, 0.3) is 0 Å². The van der Waals surface area contributed by atoms with Gasteiger partial charge in [-0.2, -0.15) is 0 Å². The second-order valence-corrected chi connectivity index (χ2v) is 4.07. The largest absolute Gasteiger partial charge is 0.479 e. The Morgan fingerprint density at radius 1 is 1.46 bits per heavy atom. The fraction of sp³-hybridized carbons (Fsp3) is 0.778. The van der Waals surface area contributed by atoms with Crippen molar-refractivity contribution < 1.29 is 14.7 Å². The van der Waals surface area contributed by atoms with Crippen molar-refractivity contribution in [2.75, 3.05) is 6.54 Å². The van der Waals surface area contributed by atoms with Crippen molar-refractivity contribution in [3.63, 3.8) is 0 Å². The molecular formula is C9H13NO3. The van der Waals surface area contributed by atoms with Gasteiger partial charge in [-0.15, -0.1) is 0 Å². The lowest BCUT2D eigenvalue weighted by molar-refractivity contribution is -0.177. The number of amides is 1. The van der Waals surface area contributed by atoms with Gasteiger partial charge in [0.15, 0.2) is 0 Å². The monoisotopic (exact) mass is 183 g/mol. The minimum Gasteiger partial charge on any atom is -0.479 e. The van der Waals surface area contributed by atoms with Gasteiger partial charge in [-0.25, -0.2) is 4.79 Å².